The third-order valence-electron chi connectivity index (χ3n) is 4.38. The average Bonchev–Trinajstić information content (AvgIpc) is 2.75. The molecule has 0 bridgehead atoms. The minimum Gasteiger partial charge on any atom is -0.314 e. The first-order valence-electron chi connectivity index (χ1n) is 7.50. The fourth-order valence-corrected chi connectivity index (χ4v) is 3.21. The highest BCUT2D eigenvalue weighted by atomic mass is 15.3. The second kappa shape index (κ2) is 6.85. The number of hydrogen-bond acceptors (Lipinski definition) is 4. The van der Waals surface area contributed by atoms with Crippen LogP contribution in [0.3, 0.4) is 0 Å². The van der Waals surface area contributed by atoms with Crippen molar-refractivity contribution < 1.29 is 0 Å². The fraction of sp³-hybridized carbons (Fsp3) is 1.00. The van der Waals surface area contributed by atoms with Crippen molar-refractivity contribution in [3.63, 3.8) is 0 Å². The van der Waals surface area contributed by atoms with Crippen molar-refractivity contribution in [1.29, 1.82) is 0 Å². The minimum atomic E-state index is 0.731. The molecular weight excluding hydrogens is 224 g/mol. The van der Waals surface area contributed by atoms with Gasteiger partial charge in [-0.1, -0.05) is 0 Å². The van der Waals surface area contributed by atoms with E-state index < -0.39 is 0 Å². The van der Waals surface area contributed by atoms with E-state index in [1.165, 1.54) is 39.0 Å². The van der Waals surface area contributed by atoms with Crippen LogP contribution >= 0.6 is 0 Å². The molecule has 4 heteroatoms. The molecule has 0 radical (unpaired) electrons. The Hall–Kier alpha value is -0.160. The van der Waals surface area contributed by atoms with Gasteiger partial charge in [0, 0.05) is 51.4 Å². The van der Waals surface area contributed by atoms with Gasteiger partial charge in [-0.15, -0.1) is 0 Å². The van der Waals surface area contributed by atoms with E-state index in [0.717, 1.165) is 31.7 Å². The van der Waals surface area contributed by atoms with E-state index >= 15 is 0 Å². The van der Waals surface area contributed by atoms with Crippen molar-refractivity contribution in [3.05, 3.63) is 0 Å². The second-order valence-corrected chi connectivity index (χ2v) is 6.19. The van der Waals surface area contributed by atoms with Crippen molar-refractivity contribution in [2.24, 2.45) is 0 Å². The van der Waals surface area contributed by atoms with Crippen molar-refractivity contribution in [2.45, 2.75) is 31.8 Å². The van der Waals surface area contributed by atoms with Gasteiger partial charge in [-0.3, -0.25) is 9.80 Å². The molecule has 0 aromatic rings. The standard InChI is InChI=1S/C14H30N4/c1-13-11-18-8-4-5-14(18)12-17(13)10-7-15-6-9-16(2)3/h13-15H,4-12H2,1-3H3. The Bertz CT molecular complexity index is 244. The maximum atomic E-state index is 3.55. The summed E-state index contributed by atoms with van der Waals surface area (Å²) in [7, 11) is 4.26. The molecule has 2 atom stereocenters. The van der Waals surface area contributed by atoms with Gasteiger partial charge >= 0.3 is 0 Å². The van der Waals surface area contributed by atoms with E-state index in [2.05, 4.69) is 41.0 Å². The smallest absolute Gasteiger partial charge is 0.0224 e. The van der Waals surface area contributed by atoms with Gasteiger partial charge in [-0.05, 0) is 40.4 Å². The predicted octanol–water partition coefficient (Wildman–Crippen LogP) is 0.306. The summed E-state index contributed by atoms with van der Waals surface area (Å²) in [5, 5.41) is 3.55. The molecule has 2 heterocycles. The fourth-order valence-electron chi connectivity index (χ4n) is 3.21. The lowest BCUT2D eigenvalue weighted by atomic mass is 10.1. The molecule has 2 unspecified atom stereocenters. The van der Waals surface area contributed by atoms with Crippen LogP contribution in [0.15, 0.2) is 0 Å². The van der Waals surface area contributed by atoms with Crippen LogP contribution in [0.2, 0.25) is 0 Å². The molecule has 18 heavy (non-hydrogen) atoms. The topological polar surface area (TPSA) is 21.8 Å². The number of fused-ring (bicyclic) bond motifs is 1. The van der Waals surface area contributed by atoms with Crippen LogP contribution in [0.25, 0.3) is 0 Å². The average molecular weight is 254 g/mol. The van der Waals surface area contributed by atoms with E-state index in [-0.39, 0.29) is 0 Å². The van der Waals surface area contributed by atoms with Gasteiger partial charge < -0.3 is 10.2 Å². The quantitative estimate of drug-likeness (QED) is 0.689. The van der Waals surface area contributed by atoms with Gasteiger partial charge in [0.25, 0.3) is 0 Å². The van der Waals surface area contributed by atoms with Gasteiger partial charge in [-0.25, -0.2) is 0 Å². The first-order chi connectivity index (χ1) is 8.66. The highest BCUT2D eigenvalue weighted by Gasteiger charge is 2.33. The molecular formula is C14H30N4. The van der Waals surface area contributed by atoms with Crippen molar-refractivity contribution in [3.8, 4) is 0 Å². The SMILES string of the molecule is CC1CN2CCCC2CN1CCNCCN(C)C. The molecule has 0 saturated carbocycles. The lowest BCUT2D eigenvalue weighted by Gasteiger charge is -2.42. The summed E-state index contributed by atoms with van der Waals surface area (Å²) in [6, 6.07) is 1.58. The maximum Gasteiger partial charge on any atom is 0.0224 e. The van der Waals surface area contributed by atoms with Gasteiger partial charge in [-0.2, -0.15) is 0 Å². The van der Waals surface area contributed by atoms with E-state index in [1.54, 1.807) is 0 Å². The van der Waals surface area contributed by atoms with Crippen molar-refractivity contribution >= 4 is 0 Å². The van der Waals surface area contributed by atoms with E-state index in [1.807, 2.05) is 0 Å². The van der Waals surface area contributed by atoms with E-state index in [4.69, 9.17) is 0 Å². The lowest BCUT2D eigenvalue weighted by molar-refractivity contribution is 0.0603. The number of nitrogens with one attached hydrogen (secondary N) is 1. The monoisotopic (exact) mass is 254 g/mol. The largest absolute Gasteiger partial charge is 0.314 e. The van der Waals surface area contributed by atoms with Gasteiger partial charge in [0.1, 0.15) is 0 Å². The van der Waals surface area contributed by atoms with E-state index in [0.29, 0.717) is 0 Å². The van der Waals surface area contributed by atoms with E-state index in [9.17, 15) is 0 Å². The highest BCUT2D eigenvalue weighted by molar-refractivity contribution is 4.90. The summed E-state index contributed by atoms with van der Waals surface area (Å²) < 4.78 is 0. The molecule has 2 aliphatic heterocycles. The first-order valence-corrected chi connectivity index (χ1v) is 7.50. The maximum absolute atomic E-state index is 3.55. The molecule has 2 fully saturated rings. The molecule has 0 aromatic carbocycles. The van der Waals surface area contributed by atoms with Crippen molar-refractivity contribution in [1.82, 2.24) is 20.0 Å². The third-order valence-corrected chi connectivity index (χ3v) is 4.38. The number of hydrogen-bond donors (Lipinski definition) is 1. The van der Waals surface area contributed by atoms with Crippen molar-refractivity contribution in [2.75, 3.05) is 59.9 Å². The third kappa shape index (κ3) is 3.92. The number of nitrogens with zero attached hydrogens (tertiary/aromatic N) is 3. The molecule has 106 valence electrons. The Morgan fingerprint density at radius 1 is 1.22 bits per heavy atom. The van der Waals surface area contributed by atoms with Crippen LogP contribution in [0, 0.1) is 0 Å². The number of likely N-dealkylation sites (N-methyl/N-ethyl adjacent to an activating group) is 1. The second-order valence-electron chi connectivity index (χ2n) is 6.19. The van der Waals surface area contributed by atoms with Crippen LogP contribution in [0.1, 0.15) is 19.8 Å². The van der Waals surface area contributed by atoms with Crippen LogP contribution < -0.4 is 5.32 Å². The molecule has 4 nitrogen and oxygen atoms in total. The van der Waals surface area contributed by atoms with Gasteiger partial charge in [0.15, 0.2) is 0 Å². The molecule has 1 N–H and O–H groups in total. The van der Waals surface area contributed by atoms with Gasteiger partial charge in [0.2, 0.25) is 0 Å². The molecule has 0 aromatic heterocycles. The van der Waals surface area contributed by atoms with Crippen LogP contribution in [0.5, 0.6) is 0 Å². The summed E-state index contributed by atoms with van der Waals surface area (Å²) >= 11 is 0. The van der Waals surface area contributed by atoms with Crippen LogP contribution in [-0.4, -0.2) is 86.7 Å². The number of piperazine rings is 1. The predicted molar refractivity (Wildman–Crippen MR) is 77.1 cm³/mol. The summed E-state index contributed by atoms with van der Waals surface area (Å²) in [6.07, 6.45) is 2.82. The zero-order valence-corrected chi connectivity index (χ0v) is 12.4. The van der Waals surface area contributed by atoms with Crippen LogP contribution in [0.4, 0.5) is 0 Å². The zero-order valence-electron chi connectivity index (χ0n) is 12.4. The zero-order chi connectivity index (χ0) is 13.0. The minimum absolute atomic E-state index is 0.731. The molecule has 2 saturated heterocycles. The Labute approximate surface area is 112 Å². The molecule has 0 spiro atoms. The summed E-state index contributed by atoms with van der Waals surface area (Å²) in [4.78, 5) is 7.60. The Kier molecular flexibility index (Phi) is 5.42. The summed E-state index contributed by atoms with van der Waals surface area (Å²) in [5.41, 5.74) is 0. The molecule has 0 aliphatic carbocycles. The molecule has 2 aliphatic rings. The van der Waals surface area contributed by atoms with Crippen LogP contribution in [-0.2, 0) is 0 Å². The normalized spacial score (nSPS) is 30.0. The Morgan fingerprint density at radius 3 is 2.83 bits per heavy atom. The summed E-state index contributed by atoms with van der Waals surface area (Å²) in [6.45, 7) is 10.9. The molecule has 2 rings (SSSR count). The number of rotatable bonds is 6. The Balaban J connectivity index is 1.63. The summed E-state index contributed by atoms with van der Waals surface area (Å²) in [5.74, 6) is 0. The lowest BCUT2D eigenvalue weighted by Crippen LogP contribution is -2.56. The first kappa shape index (κ1) is 14.3. The highest BCUT2D eigenvalue weighted by Crippen LogP contribution is 2.23. The Morgan fingerprint density at radius 2 is 2.06 bits per heavy atom. The molecule has 0 amide bonds. The van der Waals surface area contributed by atoms with Gasteiger partial charge in [0.05, 0.1) is 0 Å².